The fourth-order valence-corrected chi connectivity index (χ4v) is 4.95. The van der Waals surface area contributed by atoms with Crippen LogP contribution in [0, 0.1) is 17.2 Å². The number of piperidine rings is 1. The van der Waals surface area contributed by atoms with E-state index in [-0.39, 0.29) is 17.8 Å². The first-order valence-electron chi connectivity index (χ1n) is 10.1. The van der Waals surface area contributed by atoms with Crippen LogP contribution in [0.3, 0.4) is 0 Å². The predicted octanol–water partition coefficient (Wildman–Crippen LogP) is 3.76. The molecule has 8 heteroatoms. The molecule has 0 radical (unpaired) electrons. The fraction of sp³-hybridized carbons (Fsp3) is 0.409. The first-order chi connectivity index (χ1) is 14.5. The molecule has 1 aromatic carbocycles. The van der Waals surface area contributed by atoms with Crippen molar-refractivity contribution in [1.29, 1.82) is 5.26 Å². The van der Waals surface area contributed by atoms with Gasteiger partial charge in [-0.1, -0.05) is 12.1 Å². The van der Waals surface area contributed by atoms with Crippen molar-refractivity contribution in [3.8, 4) is 6.07 Å². The Morgan fingerprint density at radius 3 is 2.83 bits per heavy atom. The third-order valence-electron chi connectivity index (χ3n) is 5.90. The van der Waals surface area contributed by atoms with Gasteiger partial charge in [0.15, 0.2) is 0 Å². The molecule has 1 atom stereocenters. The average molecular weight is 470 g/mol. The van der Waals surface area contributed by atoms with E-state index in [9.17, 15) is 10.1 Å². The maximum atomic E-state index is 13.3. The largest absolute Gasteiger partial charge is 0.463 e. The number of hydrogen-bond acceptors (Lipinski definition) is 6. The van der Waals surface area contributed by atoms with Crippen LogP contribution in [0.1, 0.15) is 42.4 Å². The molecule has 4 rings (SSSR count). The highest BCUT2D eigenvalue weighted by molar-refractivity contribution is 9.10. The lowest BCUT2D eigenvalue weighted by molar-refractivity contribution is -0.138. The predicted molar refractivity (Wildman–Crippen MR) is 117 cm³/mol. The van der Waals surface area contributed by atoms with E-state index in [0.29, 0.717) is 22.2 Å². The SMILES string of the molecule is CCOC(=O)C1=C(C2CCN(C)CC2)Nc2[nH]ncc2C1c1cccc(C#N)c1Br. The van der Waals surface area contributed by atoms with Crippen molar-refractivity contribution in [1.82, 2.24) is 15.1 Å². The summed E-state index contributed by atoms with van der Waals surface area (Å²) in [7, 11) is 2.12. The summed E-state index contributed by atoms with van der Waals surface area (Å²) in [5.41, 5.74) is 3.76. The molecular weight excluding hydrogens is 446 g/mol. The molecule has 2 N–H and O–H groups in total. The van der Waals surface area contributed by atoms with Crippen LogP contribution in [-0.4, -0.2) is 47.8 Å². The van der Waals surface area contributed by atoms with Gasteiger partial charge in [-0.3, -0.25) is 5.10 Å². The number of fused-ring (bicyclic) bond motifs is 1. The van der Waals surface area contributed by atoms with Crippen LogP contribution in [0.5, 0.6) is 0 Å². The van der Waals surface area contributed by atoms with Crippen molar-refractivity contribution in [2.75, 3.05) is 32.1 Å². The second kappa shape index (κ2) is 8.62. The Kier molecular flexibility index (Phi) is 5.93. The van der Waals surface area contributed by atoms with Crippen molar-refractivity contribution in [3.63, 3.8) is 0 Å². The molecular formula is C22H24BrN5O2. The Morgan fingerprint density at radius 2 is 2.13 bits per heavy atom. The van der Waals surface area contributed by atoms with Crippen molar-refractivity contribution in [3.05, 3.63) is 56.8 Å². The summed E-state index contributed by atoms with van der Waals surface area (Å²) in [6.07, 6.45) is 3.65. The number of nitrogens with zero attached hydrogens (tertiary/aromatic N) is 3. The monoisotopic (exact) mass is 469 g/mol. The van der Waals surface area contributed by atoms with E-state index in [0.717, 1.165) is 48.6 Å². The zero-order chi connectivity index (χ0) is 21.3. The van der Waals surface area contributed by atoms with E-state index < -0.39 is 0 Å². The smallest absolute Gasteiger partial charge is 0.336 e. The van der Waals surface area contributed by atoms with Gasteiger partial charge in [-0.2, -0.15) is 10.4 Å². The molecule has 0 amide bonds. The molecule has 2 aliphatic rings. The van der Waals surface area contributed by atoms with Gasteiger partial charge in [-0.25, -0.2) is 4.79 Å². The Labute approximate surface area is 184 Å². The number of allylic oxidation sites excluding steroid dienone is 1. The summed E-state index contributed by atoms with van der Waals surface area (Å²) in [6, 6.07) is 7.77. The third kappa shape index (κ3) is 3.64. The number of carbonyl (C=O) groups is 1. The highest BCUT2D eigenvalue weighted by Crippen LogP contribution is 2.46. The van der Waals surface area contributed by atoms with Gasteiger partial charge >= 0.3 is 5.97 Å². The Hall–Kier alpha value is -2.63. The summed E-state index contributed by atoms with van der Waals surface area (Å²) in [5, 5.41) is 20.2. The number of rotatable bonds is 4. The highest BCUT2D eigenvalue weighted by atomic mass is 79.9. The van der Waals surface area contributed by atoms with E-state index in [2.05, 4.69) is 49.5 Å². The summed E-state index contributed by atoms with van der Waals surface area (Å²) < 4.78 is 6.20. The van der Waals surface area contributed by atoms with E-state index in [1.807, 2.05) is 19.1 Å². The Bertz CT molecular complexity index is 1030. The molecule has 2 aromatic rings. The summed E-state index contributed by atoms with van der Waals surface area (Å²) >= 11 is 3.60. The minimum Gasteiger partial charge on any atom is -0.463 e. The van der Waals surface area contributed by atoms with Gasteiger partial charge in [0.2, 0.25) is 0 Å². The Balaban J connectivity index is 1.91. The molecule has 156 valence electrons. The molecule has 1 aromatic heterocycles. The van der Waals surface area contributed by atoms with E-state index in [1.165, 1.54) is 0 Å². The zero-order valence-corrected chi connectivity index (χ0v) is 18.6. The van der Waals surface area contributed by atoms with Crippen molar-refractivity contribution >= 4 is 27.7 Å². The average Bonchev–Trinajstić information content (AvgIpc) is 3.22. The van der Waals surface area contributed by atoms with Gasteiger partial charge in [0.05, 0.1) is 23.9 Å². The Morgan fingerprint density at radius 1 is 1.37 bits per heavy atom. The van der Waals surface area contributed by atoms with E-state index in [4.69, 9.17) is 4.74 Å². The van der Waals surface area contributed by atoms with Crippen molar-refractivity contribution in [2.24, 2.45) is 5.92 Å². The van der Waals surface area contributed by atoms with Gasteiger partial charge in [-0.05, 0) is 67.5 Å². The minimum absolute atomic E-state index is 0.220. The number of benzene rings is 1. The zero-order valence-electron chi connectivity index (χ0n) is 17.0. The second-order valence-electron chi connectivity index (χ2n) is 7.70. The quantitative estimate of drug-likeness (QED) is 0.661. The number of anilines is 1. The van der Waals surface area contributed by atoms with Crippen LogP contribution in [0.25, 0.3) is 0 Å². The second-order valence-corrected chi connectivity index (χ2v) is 8.50. The maximum absolute atomic E-state index is 13.3. The molecule has 1 fully saturated rings. The molecule has 1 saturated heterocycles. The first kappa shape index (κ1) is 20.6. The van der Waals surface area contributed by atoms with Crippen LogP contribution >= 0.6 is 15.9 Å². The number of ether oxygens (including phenoxy) is 1. The molecule has 1 unspecified atom stereocenters. The van der Waals surface area contributed by atoms with Gasteiger partial charge < -0.3 is 15.0 Å². The lowest BCUT2D eigenvalue weighted by Crippen LogP contribution is -2.35. The van der Waals surface area contributed by atoms with Gasteiger partial charge in [0.25, 0.3) is 0 Å². The molecule has 0 aliphatic carbocycles. The molecule has 0 bridgehead atoms. The number of hydrogen-bond donors (Lipinski definition) is 2. The number of H-pyrrole nitrogens is 1. The third-order valence-corrected chi connectivity index (χ3v) is 6.79. The van der Waals surface area contributed by atoms with Crippen LogP contribution in [0.15, 0.2) is 40.1 Å². The van der Waals surface area contributed by atoms with Crippen LogP contribution in [0.2, 0.25) is 0 Å². The van der Waals surface area contributed by atoms with Crippen molar-refractivity contribution in [2.45, 2.75) is 25.7 Å². The van der Waals surface area contributed by atoms with E-state index >= 15 is 0 Å². The summed E-state index contributed by atoms with van der Waals surface area (Å²) in [6.45, 7) is 4.06. The van der Waals surface area contributed by atoms with E-state index in [1.54, 1.807) is 12.3 Å². The number of aromatic nitrogens is 2. The molecule has 0 spiro atoms. The van der Waals surface area contributed by atoms with Gasteiger partial charge in [-0.15, -0.1) is 0 Å². The molecule has 3 heterocycles. The number of carbonyl (C=O) groups excluding carboxylic acids is 1. The lowest BCUT2D eigenvalue weighted by Gasteiger charge is -2.36. The van der Waals surface area contributed by atoms with Crippen LogP contribution in [0.4, 0.5) is 5.82 Å². The number of aromatic amines is 1. The summed E-state index contributed by atoms with van der Waals surface area (Å²) in [5.74, 6) is 0.301. The number of likely N-dealkylation sites (tertiary alicyclic amines) is 1. The summed E-state index contributed by atoms with van der Waals surface area (Å²) in [4.78, 5) is 15.6. The topological polar surface area (TPSA) is 94.0 Å². The molecule has 30 heavy (non-hydrogen) atoms. The minimum atomic E-state index is -0.378. The van der Waals surface area contributed by atoms with Crippen LogP contribution in [-0.2, 0) is 9.53 Å². The molecule has 7 nitrogen and oxygen atoms in total. The van der Waals surface area contributed by atoms with Gasteiger partial charge in [0, 0.05) is 27.6 Å². The van der Waals surface area contributed by atoms with Crippen molar-refractivity contribution < 1.29 is 9.53 Å². The number of nitriles is 1. The molecule has 0 saturated carbocycles. The number of nitrogens with one attached hydrogen (secondary N) is 2. The standard InChI is InChI=1S/C22H24BrN5O2/c1-3-30-22(29)18-17(15-6-4-5-14(11-24)19(15)23)16-12-25-27-21(16)26-20(18)13-7-9-28(2)10-8-13/h4-6,12-13,17H,3,7-10H2,1-2H3,(H2,25,26,27). The number of halogens is 1. The fourth-order valence-electron chi connectivity index (χ4n) is 4.37. The number of esters is 1. The lowest BCUT2D eigenvalue weighted by atomic mass is 9.78. The van der Waals surface area contributed by atoms with Crippen LogP contribution < -0.4 is 5.32 Å². The first-order valence-corrected chi connectivity index (χ1v) is 10.9. The highest BCUT2D eigenvalue weighted by Gasteiger charge is 2.39. The maximum Gasteiger partial charge on any atom is 0.336 e. The van der Waals surface area contributed by atoms with Gasteiger partial charge in [0.1, 0.15) is 11.9 Å². The normalized spacial score (nSPS) is 19.7. The molecule has 2 aliphatic heterocycles.